The minimum absolute atomic E-state index is 0.232. The second kappa shape index (κ2) is 6.14. The molecule has 0 amide bonds. The van der Waals surface area contributed by atoms with Gasteiger partial charge in [0.25, 0.3) is 0 Å². The molecule has 0 unspecified atom stereocenters. The van der Waals surface area contributed by atoms with Crippen molar-refractivity contribution in [3.05, 3.63) is 53.8 Å². The van der Waals surface area contributed by atoms with Crippen LogP contribution in [0.1, 0.15) is 18.4 Å². The van der Waals surface area contributed by atoms with Gasteiger partial charge >= 0.3 is 0 Å². The van der Waals surface area contributed by atoms with Crippen LogP contribution in [0.15, 0.2) is 42.5 Å². The fraction of sp³-hybridized carbons (Fsp3) is 0.294. The van der Waals surface area contributed by atoms with Crippen LogP contribution in [0.5, 0.6) is 17.2 Å². The first-order valence-electron chi connectivity index (χ1n) is 7.08. The minimum atomic E-state index is -0.346. The number of methoxy groups -OCH3 is 1. The first-order chi connectivity index (χ1) is 10.2. The fourth-order valence-corrected chi connectivity index (χ4v) is 2.06. The summed E-state index contributed by atoms with van der Waals surface area (Å²) in [5.74, 6) is 1.21. The maximum atomic E-state index is 14.0. The van der Waals surface area contributed by atoms with Gasteiger partial charge in [-0.1, -0.05) is 6.07 Å². The van der Waals surface area contributed by atoms with E-state index in [-0.39, 0.29) is 11.6 Å². The molecule has 1 aliphatic rings. The van der Waals surface area contributed by atoms with E-state index in [1.165, 1.54) is 18.9 Å². The summed E-state index contributed by atoms with van der Waals surface area (Å²) < 4.78 is 24.7. The van der Waals surface area contributed by atoms with E-state index in [4.69, 9.17) is 9.47 Å². The van der Waals surface area contributed by atoms with Crippen molar-refractivity contribution in [1.29, 1.82) is 0 Å². The van der Waals surface area contributed by atoms with E-state index in [1.54, 1.807) is 37.4 Å². The molecule has 0 atom stereocenters. The topological polar surface area (TPSA) is 30.5 Å². The molecule has 0 saturated heterocycles. The van der Waals surface area contributed by atoms with Gasteiger partial charge in [-0.15, -0.1) is 0 Å². The number of halogens is 1. The Kier molecular flexibility index (Phi) is 4.06. The summed E-state index contributed by atoms with van der Waals surface area (Å²) in [4.78, 5) is 0. The number of benzene rings is 2. The molecule has 1 saturated carbocycles. The summed E-state index contributed by atoms with van der Waals surface area (Å²) in [7, 11) is 1.60. The number of hydrogen-bond acceptors (Lipinski definition) is 3. The highest BCUT2D eigenvalue weighted by molar-refractivity contribution is 5.37. The van der Waals surface area contributed by atoms with Gasteiger partial charge in [0.05, 0.1) is 7.11 Å². The van der Waals surface area contributed by atoms with Crippen LogP contribution in [-0.4, -0.2) is 13.2 Å². The molecular formula is C17H18FNO2. The molecule has 0 bridgehead atoms. The number of rotatable bonds is 6. The third-order valence-electron chi connectivity index (χ3n) is 3.46. The highest BCUT2D eigenvalue weighted by Crippen LogP contribution is 2.27. The summed E-state index contributed by atoms with van der Waals surface area (Å²) in [6, 6.07) is 12.8. The van der Waals surface area contributed by atoms with E-state index in [2.05, 4.69) is 5.32 Å². The lowest BCUT2D eigenvalue weighted by Gasteiger charge is -2.09. The van der Waals surface area contributed by atoms with Crippen molar-refractivity contribution in [3.8, 4) is 17.2 Å². The Morgan fingerprint density at radius 1 is 1.10 bits per heavy atom. The second-order valence-electron chi connectivity index (χ2n) is 5.20. The van der Waals surface area contributed by atoms with E-state index in [0.29, 0.717) is 18.3 Å². The van der Waals surface area contributed by atoms with Crippen LogP contribution in [0.2, 0.25) is 0 Å². The van der Waals surface area contributed by atoms with Crippen molar-refractivity contribution in [2.45, 2.75) is 25.4 Å². The van der Waals surface area contributed by atoms with Crippen LogP contribution < -0.4 is 14.8 Å². The molecule has 1 fully saturated rings. The predicted molar refractivity (Wildman–Crippen MR) is 79.3 cm³/mol. The van der Waals surface area contributed by atoms with Gasteiger partial charge in [0.15, 0.2) is 11.6 Å². The molecular weight excluding hydrogens is 269 g/mol. The Morgan fingerprint density at radius 3 is 2.43 bits per heavy atom. The Labute approximate surface area is 123 Å². The molecule has 110 valence electrons. The van der Waals surface area contributed by atoms with Crippen LogP contribution in [0, 0.1) is 5.82 Å². The van der Waals surface area contributed by atoms with Gasteiger partial charge in [0, 0.05) is 12.6 Å². The quantitative estimate of drug-likeness (QED) is 0.874. The zero-order valence-electron chi connectivity index (χ0n) is 11.9. The van der Waals surface area contributed by atoms with Crippen LogP contribution in [0.4, 0.5) is 4.39 Å². The number of ether oxygens (including phenoxy) is 2. The average molecular weight is 287 g/mol. The molecule has 2 aromatic carbocycles. The lowest BCUT2D eigenvalue weighted by Crippen LogP contribution is -2.15. The summed E-state index contributed by atoms with van der Waals surface area (Å²) in [5, 5.41) is 3.36. The number of nitrogens with one attached hydrogen (secondary N) is 1. The molecule has 21 heavy (non-hydrogen) atoms. The van der Waals surface area contributed by atoms with Gasteiger partial charge in [-0.2, -0.15) is 0 Å². The van der Waals surface area contributed by atoms with Crippen LogP contribution in [0.25, 0.3) is 0 Å². The Morgan fingerprint density at radius 2 is 1.81 bits per heavy atom. The van der Waals surface area contributed by atoms with E-state index in [9.17, 15) is 4.39 Å². The normalized spacial score (nSPS) is 14.0. The van der Waals surface area contributed by atoms with Crippen LogP contribution in [-0.2, 0) is 6.54 Å². The maximum Gasteiger partial charge on any atom is 0.166 e. The first-order valence-corrected chi connectivity index (χ1v) is 7.08. The van der Waals surface area contributed by atoms with Gasteiger partial charge in [0.2, 0.25) is 0 Å². The molecule has 0 spiro atoms. The van der Waals surface area contributed by atoms with Crippen molar-refractivity contribution in [2.24, 2.45) is 0 Å². The van der Waals surface area contributed by atoms with Crippen LogP contribution >= 0.6 is 0 Å². The van der Waals surface area contributed by atoms with E-state index >= 15 is 0 Å². The summed E-state index contributed by atoms with van der Waals surface area (Å²) in [5.41, 5.74) is 0.932. The minimum Gasteiger partial charge on any atom is -0.497 e. The standard InChI is InChI=1S/C17H18FNO2/c1-20-14-5-7-15(8-6-14)21-17-9-2-12(10-16(17)18)11-19-13-3-4-13/h2,5-10,13,19H,3-4,11H2,1H3. The Bertz CT molecular complexity index is 609. The second-order valence-corrected chi connectivity index (χ2v) is 5.20. The Balaban J connectivity index is 1.66. The Hall–Kier alpha value is -2.07. The molecule has 0 heterocycles. The number of hydrogen-bond donors (Lipinski definition) is 1. The SMILES string of the molecule is COc1ccc(Oc2ccc(CNC3CC3)cc2F)cc1. The summed E-state index contributed by atoms with van der Waals surface area (Å²) in [6.07, 6.45) is 2.45. The molecule has 0 aliphatic heterocycles. The lowest BCUT2D eigenvalue weighted by atomic mass is 10.2. The third kappa shape index (κ3) is 3.73. The van der Waals surface area contributed by atoms with E-state index in [0.717, 1.165) is 11.3 Å². The molecule has 3 nitrogen and oxygen atoms in total. The van der Waals surface area contributed by atoms with Crippen molar-refractivity contribution < 1.29 is 13.9 Å². The van der Waals surface area contributed by atoms with Crippen molar-refractivity contribution >= 4 is 0 Å². The summed E-state index contributed by atoms with van der Waals surface area (Å²) >= 11 is 0. The smallest absolute Gasteiger partial charge is 0.166 e. The molecule has 0 aromatic heterocycles. The molecule has 1 N–H and O–H groups in total. The monoisotopic (exact) mass is 287 g/mol. The summed E-state index contributed by atoms with van der Waals surface area (Å²) in [6.45, 7) is 0.699. The largest absolute Gasteiger partial charge is 0.497 e. The zero-order valence-corrected chi connectivity index (χ0v) is 11.9. The molecule has 0 radical (unpaired) electrons. The molecule has 3 rings (SSSR count). The highest BCUT2D eigenvalue weighted by Gasteiger charge is 2.20. The molecule has 2 aromatic rings. The highest BCUT2D eigenvalue weighted by atomic mass is 19.1. The first kappa shape index (κ1) is 13.9. The third-order valence-corrected chi connectivity index (χ3v) is 3.46. The van der Waals surface area contributed by atoms with Crippen LogP contribution in [0.3, 0.4) is 0 Å². The molecule has 4 heteroatoms. The molecule has 1 aliphatic carbocycles. The van der Waals surface area contributed by atoms with E-state index in [1.807, 2.05) is 6.07 Å². The average Bonchev–Trinajstić information content (AvgIpc) is 3.33. The fourth-order valence-electron chi connectivity index (χ4n) is 2.06. The van der Waals surface area contributed by atoms with Gasteiger partial charge in [-0.3, -0.25) is 0 Å². The van der Waals surface area contributed by atoms with E-state index < -0.39 is 0 Å². The lowest BCUT2D eigenvalue weighted by molar-refractivity contribution is 0.411. The van der Waals surface area contributed by atoms with Crippen molar-refractivity contribution in [1.82, 2.24) is 5.32 Å². The van der Waals surface area contributed by atoms with Crippen molar-refractivity contribution in [2.75, 3.05) is 7.11 Å². The zero-order chi connectivity index (χ0) is 14.7. The van der Waals surface area contributed by atoms with Gasteiger partial charge in [-0.25, -0.2) is 4.39 Å². The maximum absolute atomic E-state index is 14.0. The van der Waals surface area contributed by atoms with Gasteiger partial charge in [0.1, 0.15) is 11.5 Å². The van der Waals surface area contributed by atoms with Crippen molar-refractivity contribution in [3.63, 3.8) is 0 Å². The van der Waals surface area contributed by atoms with Gasteiger partial charge in [-0.05, 0) is 54.8 Å². The predicted octanol–water partition coefficient (Wildman–Crippen LogP) is 3.88. The van der Waals surface area contributed by atoms with Gasteiger partial charge < -0.3 is 14.8 Å².